The van der Waals surface area contributed by atoms with Gasteiger partial charge in [0, 0.05) is 32.0 Å². The van der Waals surface area contributed by atoms with Crippen molar-refractivity contribution in [2.75, 3.05) is 26.3 Å². The van der Waals surface area contributed by atoms with Crippen molar-refractivity contribution in [3.8, 4) is 0 Å². The lowest BCUT2D eigenvalue weighted by Gasteiger charge is -2.39. The summed E-state index contributed by atoms with van der Waals surface area (Å²) >= 11 is 0. The van der Waals surface area contributed by atoms with Crippen LogP contribution >= 0.6 is 0 Å². The van der Waals surface area contributed by atoms with Crippen molar-refractivity contribution in [3.05, 3.63) is 24.3 Å². The van der Waals surface area contributed by atoms with Crippen LogP contribution in [0.2, 0.25) is 0 Å². The van der Waals surface area contributed by atoms with Crippen molar-refractivity contribution in [1.82, 2.24) is 14.9 Å². The molecule has 2 aliphatic rings. The Labute approximate surface area is 124 Å². The average molecular weight is 291 g/mol. The van der Waals surface area contributed by atoms with Crippen LogP contribution < -0.4 is 0 Å². The molecule has 6 heteroatoms. The van der Waals surface area contributed by atoms with Gasteiger partial charge in [-0.25, -0.2) is 4.98 Å². The number of hydrogen-bond donors (Lipinski definition) is 0. The highest BCUT2D eigenvalue weighted by Gasteiger charge is 2.45. The minimum atomic E-state index is -0.240. The van der Waals surface area contributed by atoms with Gasteiger partial charge in [-0.3, -0.25) is 9.78 Å². The predicted octanol–water partition coefficient (Wildman–Crippen LogP) is 1.28. The number of piperidine rings is 1. The topological polar surface area (TPSA) is 64.6 Å². The number of carbonyl (C=O) groups is 1. The Balaban J connectivity index is 1.68. The third kappa shape index (κ3) is 3.06. The van der Waals surface area contributed by atoms with Crippen LogP contribution in [0, 0.1) is 0 Å². The van der Waals surface area contributed by atoms with Crippen LogP contribution in [0.25, 0.3) is 0 Å². The smallest absolute Gasteiger partial charge is 0.274 e. The predicted molar refractivity (Wildman–Crippen MR) is 75.9 cm³/mol. The molecular weight excluding hydrogens is 270 g/mol. The summed E-state index contributed by atoms with van der Waals surface area (Å²) in [6.45, 7) is 4.69. The number of nitrogens with zero attached hydrogens (tertiary/aromatic N) is 3. The van der Waals surface area contributed by atoms with Crippen LogP contribution in [0.1, 0.15) is 36.7 Å². The van der Waals surface area contributed by atoms with E-state index in [9.17, 15) is 4.79 Å². The molecule has 6 nitrogen and oxygen atoms in total. The maximum atomic E-state index is 12.5. The highest BCUT2D eigenvalue weighted by molar-refractivity contribution is 5.92. The van der Waals surface area contributed by atoms with E-state index in [1.54, 1.807) is 12.4 Å². The van der Waals surface area contributed by atoms with Crippen LogP contribution in [0.15, 0.2) is 18.6 Å². The zero-order chi connectivity index (χ0) is 14.7. The minimum Gasteiger partial charge on any atom is -0.376 e. The third-order valence-electron chi connectivity index (χ3n) is 4.19. The maximum Gasteiger partial charge on any atom is 0.274 e. The SMILES string of the molecule is CCO[C@@H]1CO[C@]2(CCCN(C(=O)c3cnccn3)C2)C1. The van der Waals surface area contributed by atoms with E-state index in [4.69, 9.17) is 9.47 Å². The van der Waals surface area contributed by atoms with E-state index in [0.29, 0.717) is 25.5 Å². The second kappa shape index (κ2) is 6.07. The van der Waals surface area contributed by atoms with Crippen LogP contribution in [0.3, 0.4) is 0 Å². The number of likely N-dealkylation sites (tertiary alicyclic amines) is 1. The van der Waals surface area contributed by atoms with E-state index < -0.39 is 0 Å². The Hall–Kier alpha value is -1.53. The molecule has 2 aliphatic heterocycles. The summed E-state index contributed by atoms with van der Waals surface area (Å²) in [5, 5.41) is 0. The molecule has 1 aromatic rings. The molecule has 0 unspecified atom stereocenters. The summed E-state index contributed by atoms with van der Waals surface area (Å²) in [5.41, 5.74) is 0.157. The lowest BCUT2D eigenvalue weighted by atomic mass is 9.89. The normalized spacial score (nSPS) is 29.0. The van der Waals surface area contributed by atoms with Crippen molar-refractivity contribution in [2.24, 2.45) is 0 Å². The van der Waals surface area contributed by atoms with Gasteiger partial charge >= 0.3 is 0 Å². The Morgan fingerprint density at radius 1 is 1.57 bits per heavy atom. The van der Waals surface area contributed by atoms with Crippen molar-refractivity contribution in [3.63, 3.8) is 0 Å². The largest absolute Gasteiger partial charge is 0.376 e. The fourth-order valence-corrected chi connectivity index (χ4v) is 3.27. The Morgan fingerprint density at radius 3 is 3.24 bits per heavy atom. The van der Waals surface area contributed by atoms with Gasteiger partial charge in [-0.05, 0) is 19.8 Å². The van der Waals surface area contributed by atoms with Gasteiger partial charge in [0.25, 0.3) is 5.91 Å². The number of amides is 1. The van der Waals surface area contributed by atoms with E-state index in [0.717, 1.165) is 25.8 Å². The molecule has 1 aromatic heterocycles. The molecule has 0 radical (unpaired) electrons. The summed E-state index contributed by atoms with van der Waals surface area (Å²) in [4.78, 5) is 22.4. The third-order valence-corrected chi connectivity index (χ3v) is 4.19. The summed E-state index contributed by atoms with van der Waals surface area (Å²) < 4.78 is 11.7. The molecule has 114 valence electrons. The monoisotopic (exact) mass is 291 g/mol. The number of rotatable bonds is 3. The number of ether oxygens (including phenoxy) is 2. The molecule has 0 N–H and O–H groups in total. The Kier molecular flexibility index (Phi) is 4.17. The molecule has 1 spiro atoms. The number of carbonyl (C=O) groups excluding carboxylic acids is 1. The second-order valence-electron chi connectivity index (χ2n) is 5.70. The fraction of sp³-hybridized carbons (Fsp3) is 0.667. The van der Waals surface area contributed by atoms with Crippen LogP contribution in [-0.4, -0.2) is 58.8 Å². The second-order valence-corrected chi connectivity index (χ2v) is 5.70. The molecule has 1 amide bonds. The van der Waals surface area contributed by atoms with Crippen LogP contribution in [0.5, 0.6) is 0 Å². The number of aromatic nitrogens is 2. The molecule has 0 aromatic carbocycles. The molecule has 2 fully saturated rings. The van der Waals surface area contributed by atoms with E-state index >= 15 is 0 Å². The molecule has 3 rings (SSSR count). The maximum absolute atomic E-state index is 12.5. The highest BCUT2D eigenvalue weighted by Crippen LogP contribution is 2.36. The summed E-state index contributed by atoms with van der Waals surface area (Å²) in [7, 11) is 0. The quantitative estimate of drug-likeness (QED) is 0.839. The summed E-state index contributed by atoms with van der Waals surface area (Å²) in [5.74, 6) is -0.0642. The van der Waals surface area contributed by atoms with Gasteiger partial charge in [0.2, 0.25) is 0 Å². The van der Waals surface area contributed by atoms with E-state index in [-0.39, 0.29) is 17.6 Å². The van der Waals surface area contributed by atoms with E-state index in [1.165, 1.54) is 6.20 Å². The lowest BCUT2D eigenvalue weighted by molar-refractivity contribution is -0.0463. The fourth-order valence-electron chi connectivity index (χ4n) is 3.27. The highest BCUT2D eigenvalue weighted by atomic mass is 16.6. The van der Waals surface area contributed by atoms with Crippen molar-refractivity contribution >= 4 is 5.91 Å². The molecule has 2 saturated heterocycles. The van der Waals surface area contributed by atoms with Gasteiger partial charge < -0.3 is 14.4 Å². The lowest BCUT2D eigenvalue weighted by Crippen LogP contribution is -2.50. The van der Waals surface area contributed by atoms with Gasteiger partial charge in [0.1, 0.15) is 5.69 Å². The molecular formula is C15H21N3O3. The first-order chi connectivity index (χ1) is 10.2. The minimum absolute atomic E-state index is 0.0642. The summed E-state index contributed by atoms with van der Waals surface area (Å²) in [6, 6.07) is 0. The van der Waals surface area contributed by atoms with Crippen LogP contribution in [-0.2, 0) is 9.47 Å². The molecule has 0 bridgehead atoms. The molecule has 0 saturated carbocycles. The van der Waals surface area contributed by atoms with Gasteiger partial charge in [-0.15, -0.1) is 0 Å². The van der Waals surface area contributed by atoms with Gasteiger partial charge in [-0.1, -0.05) is 0 Å². The van der Waals surface area contributed by atoms with Crippen LogP contribution in [0.4, 0.5) is 0 Å². The first-order valence-electron chi connectivity index (χ1n) is 7.53. The first-order valence-corrected chi connectivity index (χ1v) is 7.53. The van der Waals surface area contributed by atoms with Crippen molar-refractivity contribution in [2.45, 2.75) is 37.9 Å². The first kappa shape index (κ1) is 14.4. The molecule has 3 heterocycles. The molecule has 2 atom stereocenters. The summed E-state index contributed by atoms with van der Waals surface area (Å²) in [6.07, 6.45) is 7.59. The average Bonchev–Trinajstić information content (AvgIpc) is 2.90. The van der Waals surface area contributed by atoms with Crippen molar-refractivity contribution < 1.29 is 14.3 Å². The van der Waals surface area contributed by atoms with E-state index in [1.807, 2.05) is 11.8 Å². The zero-order valence-electron chi connectivity index (χ0n) is 12.3. The van der Waals surface area contributed by atoms with Gasteiger partial charge in [-0.2, -0.15) is 0 Å². The molecule has 0 aliphatic carbocycles. The number of hydrogen-bond acceptors (Lipinski definition) is 5. The Bertz CT molecular complexity index is 496. The van der Waals surface area contributed by atoms with Gasteiger partial charge in [0.15, 0.2) is 0 Å². The standard InChI is InChI=1S/C15H21N3O3/c1-2-20-12-8-15(21-10-12)4-3-7-18(11-15)14(19)13-9-16-5-6-17-13/h5-6,9,12H,2-4,7-8,10-11H2,1H3/t12-,15+/m0/s1. The molecule has 21 heavy (non-hydrogen) atoms. The van der Waals surface area contributed by atoms with Gasteiger partial charge in [0.05, 0.1) is 31.1 Å². The van der Waals surface area contributed by atoms with E-state index in [2.05, 4.69) is 9.97 Å². The zero-order valence-corrected chi connectivity index (χ0v) is 12.3. The van der Waals surface area contributed by atoms with Crippen molar-refractivity contribution in [1.29, 1.82) is 0 Å². The Morgan fingerprint density at radius 2 is 2.48 bits per heavy atom.